The van der Waals surface area contributed by atoms with Crippen LogP contribution >= 0.6 is 11.6 Å². The Morgan fingerprint density at radius 1 is 1.26 bits per heavy atom. The predicted octanol–water partition coefficient (Wildman–Crippen LogP) is 5.42. The molecule has 4 nitrogen and oxygen atoms in total. The van der Waals surface area contributed by atoms with Crippen LogP contribution in [0.25, 0.3) is 0 Å². The number of rotatable bonds is 4. The largest absolute Gasteiger partial charge is 0.487 e. The van der Waals surface area contributed by atoms with Gasteiger partial charge in [-0.1, -0.05) is 35.4 Å². The van der Waals surface area contributed by atoms with Crippen molar-refractivity contribution in [3.05, 3.63) is 63.9 Å². The minimum Gasteiger partial charge on any atom is -0.487 e. The summed E-state index contributed by atoms with van der Waals surface area (Å²) in [5.41, 5.74) is 2.41. The molecule has 1 amide bonds. The van der Waals surface area contributed by atoms with Crippen molar-refractivity contribution < 1.29 is 13.9 Å². The van der Waals surface area contributed by atoms with Gasteiger partial charge in [0.2, 0.25) is 5.91 Å². The van der Waals surface area contributed by atoms with Gasteiger partial charge in [-0.2, -0.15) is 0 Å². The Morgan fingerprint density at radius 3 is 2.71 bits per heavy atom. The van der Waals surface area contributed by atoms with E-state index in [1.807, 2.05) is 12.1 Å². The number of benzene rings is 2. The molecule has 1 N–H and O–H groups in total. The Labute approximate surface area is 188 Å². The molecule has 0 aromatic heterocycles. The van der Waals surface area contributed by atoms with Crippen molar-refractivity contribution >= 4 is 17.5 Å². The molecule has 0 saturated carbocycles. The molecule has 4 rings (SSSR count). The van der Waals surface area contributed by atoms with Crippen LogP contribution < -0.4 is 10.1 Å². The lowest BCUT2D eigenvalue weighted by Gasteiger charge is -2.39. The van der Waals surface area contributed by atoms with E-state index in [0.29, 0.717) is 17.1 Å². The number of hydrogen-bond acceptors (Lipinski definition) is 3. The summed E-state index contributed by atoms with van der Waals surface area (Å²) in [5.74, 6) is 0.637. The number of ether oxygens (including phenoxy) is 1. The van der Waals surface area contributed by atoms with Crippen LogP contribution in [-0.2, 0) is 11.3 Å². The van der Waals surface area contributed by atoms with E-state index in [9.17, 15) is 9.18 Å². The van der Waals surface area contributed by atoms with E-state index in [1.165, 1.54) is 6.07 Å². The van der Waals surface area contributed by atoms with Crippen molar-refractivity contribution in [3.63, 3.8) is 0 Å². The number of carbonyl (C=O) groups excluding carboxylic acids is 1. The highest BCUT2D eigenvalue weighted by Crippen LogP contribution is 2.40. The van der Waals surface area contributed by atoms with Gasteiger partial charge in [0.15, 0.2) is 0 Å². The van der Waals surface area contributed by atoms with Gasteiger partial charge in [0.25, 0.3) is 0 Å². The first-order valence-electron chi connectivity index (χ1n) is 11.0. The smallest absolute Gasteiger partial charge is 0.223 e. The van der Waals surface area contributed by atoms with Crippen molar-refractivity contribution in [1.82, 2.24) is 10.2 Å². The summed E-state index contributed by atoms with van der Waals surface area (Å²) >= 11 is 6.17. The normalized spacial score (nSPS) is 21.3. The van der Waals surface area contributed by atoms with Crippen molar-refractivity contribution in [2.45, 2.75) is 58.2 Å². The molecule has 2 aliphatic rings. The van der Waals surface area contributed by atoms with Crippen LogP contribution in [0.2, 0.25) is 5.02 Å². The fraction of sp³-hybridized carbons (Fsp3) is 0.480. The highest BCUT2D eigenvalue weighted by Gasteiger charge is 2.36. The standard InChI is InChI=1S/C25H30ClFN2O2/c1-16-7-8-23-18(13-16)22(14-25(2,3)31-23)28-24(30)17-9-11-29(12-10-17)15-19-20(26)5-4-6-21(19)27/h4-8,13,17,22H,9-12,14-15H2,1-3H3,(H,28,30)/t22-/m0/s1. The van der Waals surface area contributed by atoms with Gasteiger partial charge in [-0.25, -0.2) is 4.39 Å². The van der Waals surface area contributed by atoms with Crippen molar-refractivity contribution in [1.29, 1.82) is 0 Å². The van der Waals surface area contributed by atoms with Crippen molar-refractivity contribution in [3.8, 4) is 5.75 Å². The number of likely N-dealkylation sites (tertiary alicyclic amines) is 1. The molecule has 1 saturated heterocycles. The van der Waals surface area contributed by atoms with Crippen LogP contribution in [0.15, 0.2) is 36.4 Å². The second-order valence-corrected chi connectivity index (χ2v) is 9.83. The van der Waals surface area contributed by atoms with Gasteiger partial charge in [-0.05, 0) is 64.9 Å². The third kappa shape index (κ3) is 5.04. The zero-order chi connectivity index (χ0) is 22.2. The zero-order valence-electron chi connectivity index (χ0n) is 18.4. The maximum absolute atomic E-state index is 14.1. The molecular formula is C25H30ClFN2O2. The van der Waals surface area contributed by atoms with Crippen molar-refractivity contribution in [2.24, 2.45) is 5.92 Å². The summed E-state index contributed by atoms with van der Waals surface area (Å²) in [6.45, 7) is 8.13. The summed E-state index contributed by atoms with van der Waals surface area (Å²) in [7, 11) is 0. The Hall–Kier alpha value is -2.11. The predicted molar refractivity (Wildman–Crippen MR) is 121 cm³/mol. The zero-order valence-corrected chi connectivity index (χ0v) is 19.1. The summed E-state index contributed by atoms with van der Waals surface area (Å²) < 4.78 is 20.2. The van der Waals surface area contributed by atoms with E-state index < -0.39 is 0 Å². The van der Waals surface area contributed by atoms with Crippen LogP contribution in [0.3, 0.4) is 0 Å². The van der Waals surface area contributed by atoms with Gasteiger partial charge in [0, 0.05) is 35.0 Å². The molecule has 1 fully saturated rings. The summed E-state index contributed by atoms with van der Waals surface area (Å²) in [5, 5.41) is 3.75. The van der Waals surface area contributed by atoms with E-state index in [2.05, 4.69) is 37.1 Å². The number of nitrogens with zero attached hydrogens (tertiary/aromatic N) is 1. The Kier molecular flexibility index (Phi) is 6.27. The summed E-state index contributed by atoms with van der Waals surface area (Å²) in [4.78, 5) is 15.3. The molecule has 1 atom stereocenters. The van der Waals surface area contributed by atoms with E-state index in [1.54, 1.807) is 12.1 Å². The van der Waals surface area contributed by atoms with Crippen LogP contribution in [0.1, 0.15) is 55.8 Å². The molecule has 0 spiro atoms. The number of aryl methyl sites for hydroxylation is 1. The van der Waals surface area contributed by atoms with Crippen LogP contribution in [0.4, 0.5) is 4.39 Å². The van der Waals surface area contributed by atoms with Gasteiger partial charge in [-0.15, -0.1) is 0 Å². The number of halogens is 2. The van der Waals surface area contributed by atoms with E-state index in [0.717, 1.165) is 49.2 Å². The average molecular weight is 445 g/mol. The Morgan fingerprint density at radius 2 is 2.00 bits per heavy atom. The second-order valence-electron chi connectivity index (χ2n) is 9.42. The lowest BCUT2D eigenvalue weighted by molar-refractivity contribution is -0.127. The SMILES string of the molecule is Cc1ccc2c(c1)[C@@H](NC(=O)C1CCN(Cc3c(F)cccc3Cl)CC1)CC(C)(C)O2. The topological polar surface area (TPSA) is 41.6 Å². The molecule has 2 aromatic rings. The Bertz CT molecular complexity index is 950. The van der Waals surface area contributed by atoms with Crippen LogP contribution in [-0.4, -0.2) is 29.5 Å². The summed E-state index contributed by atoms with van der Waals surface area (Å²) in [6.07, 6.45) is 2.25. The van der Waals surface area contributed by atoms with E-state index in [-0.39, 0.29) is 29.3 Å². The number of amides is 1. The molecule has 166 valence electrons. The Balaban J connectivity index is 1.38. The molecule has 0 unspecified atom stereocenters. The lowest BCUT2D eigenvalue weighted by Crippen LogP contribution is -2.45. The van der Waals surface area contributed by atoms with E-state index in [4.69, 9.17) is 16.3 Å². The first-order chi connectivity index (χ1) is 14.7. The average Bonchev–Trinajstić information content (AvgIpc) is 2.71. The highest BCUT2D eigenvalue weighted by atomic mass is 35.5. The van der Waals surface area contributed by atoms with Gasteiger partial charge in [0.1, 0.15) is 17.2 Å². The number of piperidine rings is 1. The third-order valence-electron chi connectivity index (χ3n) is 6.34. The molecule has 6 heteroatoms. The molecule has 2 heterocycles. The molecule has 31 heavy (non-hydrogen) atoms. The van der Waals surface area contributed by atoms with Crippen molar-refractivity contribution in [2.75, 3.05) is 13.1 Å². The van der Waals surface area contributed by atoms with Crippen LogP contribution in [0.5, 0.6) is 5.75 Å². The number of fused-ring (bicyclic) bond motifs is 1. The molecular weight excluding hydrogens is 415 g/mol. The van der Waals surface area contributed by atoms with Crippen LogP contribution in [0, 0.1) is 18.7 Å². The van der Waals surface area contributed by atoms with E-state index >= 15 is 0 Å². The van der Waals surface area contributed by atoms with Gasteiger partial charge in [-0.3, -0.25) is 9.69 Å². The first kappa shape index (κ1) is 22.1. The third-order valence-corrected chi connectivity index (χ3v) is 6.70. The fourth-order valence-electron chi connectivity index (χ4n) is 4.65. The minimum atomic E-state index is -0.331. The minimum absolute atomic E-state index is 0.0356. The second kappa shape index (κ2) is 8.79. The van der Waals surface area contributed by atoms with Gasteiger partial charge >= 0.3 is 0 Å². The van der Waals surface area contributed by atoms with Gasteiger partial charge in [0.05, 0.1) is 6.04 Å². The number of hydrogen-bond donors (Lipinski definition) is 1. The first-order valence-corrected chi connectivity index (χ1v) is 11.3. The fourth-order valence-corrected chi connectivity index (χ4v) is 4.88. The monoisotopic (exact) mass is 444 g/mol. The number of carbonyl (C=O) groups is 1. The molecule has 0 radical (unpaired) electrons. The molecule has 2 aliphatic heterocycles. The number of nitrogens with one attached hydrogen (secondary N) is 1. The molecule has 0 bridgehead atoms. The maximum atomic E-state index is 14.1. The molecule has 2 aromatic carbocycles. The summed E-state index contributed by atoms with van der Waals surface area (Å²) in [6, 6.07) is 10.9. The lowest BCUT2D eigenvalue weighted by atomic mass is 9.88. The highest BCUT2D eigenvalue weighted by molar-refractivity contribution is 6.31. The maximum Gasteiger partial charge on any atom is 0.223 e. The quantitative estimate of drug-likeness (QED) is 0.684. The van der Waals surface area contributed by atoms with Gasteiger partial charge < -0.3 is 10.1 Å². The molecule has 0 aliphatic carbocycles.